The normalized spacial score (nSPS) is 20.6. The van der Waals surface area contributed by atoms with Gasteiger partial charge in [-0.3, -0.25) is 4.90 Å². The molecule has 26 heavy (non-hydrogen) atoms. The van der Waals surface area contributed by atoms with Crippen LogP contribution in [-0.2, 0) is 16.8 Å². The summed E-state index contributed by atoms with van der Waals surface area (Å²) < 4.78 is 33.8. The minimum Gasteiger partial charge on any atom is -0.338 e. The standard InChI is InChI=1S/C17H23N5O3S/c23-26(24,21-8-4-5-9-21)22-12-10-20(11-13-22)14-16-18-17(19-25-16)15-6-2-1-3-7-15/h1-3,6-7H,4-5,8-14H2. The van der Waals surface area contributed by atoms with Crippen LogP contribution in [0, 0.1) is 0 Å². The molecule has 0 atom stereocenters. The van der Waals surface area contributed by atoms with Gasteiger partial charge in [-0.1, -0.05) is 35.5 Å². The predicted molar refractivity (Wildman–Crippen MR) is 96.3 cm³/mol. The van der Waals surface area contributed by atoms with E-state index in [4.69, 9.17) is 4.52 Å². The van der Waals surface area contributed by atoms with Crippen molar-refractivity contribution >= 4 is 10.2 Å². The zero-order valence-corrected chi connectivity index (χ0v) is 15.4. The monoisotopic (exact) mass is 377 g/mol. The number of rotatable bonds is 5. The van der Waals surface area contributed by atoms with Crippen molar-refractivity contribution in [2.45, 2.75) is 19.4 Å². The topological polar surface area (TPSA) is 82.8 Å². The second kappa shape index (κ2) is 7.43. The molecule has 8 nitrogen and oxygen atoms in total. The predicted octanol–water partition coefficient (Wildman–Crippen LogP) is 1.19. The number of benzene rings is 1. The zero-order valence-electron chi connectivity index (χ0n) is 14.6. The molecule has 0 bridgehead atoms. The fourth-order valence-electron chi connectivity index (χ4n) is 3.42. The summed E-state index contributed by atoms with van der Waals surface area (Å²) in [4.78, 5) is 6.60. The number of nitrogens with zero attached hydrogens (tertiary/aromatic N) is 5. The second-order valence-corrected chi connectivity index (χ2v) is 8.60. The molecule has 2 fully saturated rings. The molecule has 0 unspecified atom stereocenters. The molecule has 0 spiro atoms. The number of piperazine rings is 1. The van der Waals surface area contributed by atoms with Crippen LogP contribution in [0.2, 0.25) is 0 Å². The first kappa shape index (κ1) is 17.6. The summed E-state index contributed by atoms with van der Waals surface area (Å²) >= 11 is 0. The maximum absolute atomic E-state index is 12.6. The van der Waals surface area contributed by atoms with E-state index >= 15 is 0 Å². The van der Waals surface area contributed by atoms with Gasteiger partial charge in [0.15, 0.2) is 0 Å². The minimum absolute atomic E-state index is 0.499. The Hall–Kier alpha value is -1.81. The van der Waals surface area contributed by atoms with E-state index in [1.54, 1.807) is 8.61 Å². The Bertz CT molecular complexity index is 825. The molecular weight excluding hydrogens is 354 g/mol. The van der Waals surface area contributed by atoms with Crippen molar-refractivity contribution < 1.29 is 12.9 Å². The van der Waals surface area contributed by atoms with E-state index in [1.165, 1.54) is 0 Å². The van der Waals surface area contributed by atoms with Gasteiger partial charge < -0.3 is 4.52 Å². The average molecular weight is 377 g/mol. The van der Waals surface area contributed by atoms with E-state index in [1.807, 2.05) is 30.3 Å². The van der Waals surface area contributed by atoms with Crippen molar-refractivity contribution in [3.05, 3.63) is 36.2 Å². The van der Waals surface area contributed by atoms with Gasteiger partial charge in [0.05, 0.1) is 6.54 Å². The van der Waals surface area contributed by atoms with Crippen molar-refractivity contribution in [1.82, 2.24) is 23.7 Å². The number of hydrogen-bond acceptors (Lipinski definition) is 6. The third kappa shape index (κ3) is 3.66. The molecule has 9 heteroatoms. The summed E-state index contributed by atoms with van der Waals surface area (Å²) in [6, 6.07) is 9.70. The molecule has 0 radical (unpaired) electrons. The Kier molecular flexibility index (Phi) is 5.03. The van der Waals surface area contributed by atoms with Gasteiger partial charge in [0.25, 0.3) is 10.2 Å². The van der Waals surface area contributed by atoms with E-state index < -0.39 is 10.2 Å². The third-order valence-corrected chi connectivity index (χ3v) is 6.94. The molecular formula is C17H23N5O3S. The molecule has 1 aromatic heterocycles. The van der Waals surface area contributed by atoms with Crippen LogP contribution in [0.15, 0.2) is 34.9 Å². The van der Waals surface area contributed by atoms with E-state index in [-0.39, 0.29) is 0 Å². The maximum Gasteiger partial charge on any atom is 0.282 e. The van der Waals surface area contributed by atoms with Gasteiger partial charge in [0, 0.05) is 44.8 Å². The van der Waals surface area contributed by atoms with E-state index in [0.29, 0.717) is 57.5 Å². The van der Waals surface area contributed by atoms with Crippen LogP contribution in [0.4, 0.5) is 0 Å². The highest BCUT2D eigenvalue weighted by Crippen LogP contribution is 2.19. The van der Waals surface area contributed by atoms with E-state index in [0.717, 1.165) is 18.4 Å². The first-order valence-electron chi connectivity index (χ1n) is 8.98. The number of aromatic nitrogens is 2. The molecule has 140 valence electrons. The van der Waals surface area contributed by atoms with Crippen molar-refractivity contribution in [3.63, 3.8) is 0 Å². The van der Waals surface area contributed by atoms with E-state index in [2.05, 4.69) is 15.0 Å². The highest BCUT2D eigenvalue weighted by Gasteiger charge is 2.33. The van der Waals surface area contributed by atoms with Crippen molar-refractivity contribution in [1.29, 1.82) is 0 Å². The summed E-state index contributed by atoms with van der Waals surface area (Å²) in [5, 5.41) is 4.03. The van der Waals surface area contributed by atoms with Crippen LogP contribution < -0.4 is 0 Å². The second-order valence-electron chi connectivity index (χ2n) is 6.67. The third-order valence-electron chi connectivity index (χ3n) is 4.91. The van der Waals surface area contributed by atoms with Crippen molar-refractivity contribution in [2.24, 2.45) is 0 Å². The van der Waals surface area contributed by atoms with Gasteiger partial charge in [-0.15, -0.1) is 0 Å². The summed E-state index contributed by atoms with van der Waals surface area (Å²) in [5.41, 5.74) is 0.920. The van der Waals surface area contributed by atoms with Crippen molar-refractivity contribution in [2.75, 3.05) is 39.3 Å². The van der Waals surface area contributed by atoms with Gasteiger partial charge in [-0.25, -0.2) is 0 Å². The smallest absolute Gasteiger partial charge is 0.282 e. The lowest BCUT2D eigenvalue weighted by Gasteiger charge is -2.35. The maximum atomic E-state index is 12.6. The molecule has 1 aromatic carbocycles. The van der Waals surface area contributed by atoms with Crippen LogP contribution in [0.3, 0.4) is 0 Å². The van der Waals surface area contributed by atoms with Crippen LogP contribution in [0.5, 0.6) is 0 Å². The molecule has 0 aliphatic carbocycles. The Labute approximate surface area is 153 Å². The fraction of sp³-hybridized carbons (Fsp3) is 0.529. The van der Waals surface area contributed by atoms with E-state index in [9.17, 15) is 8.42 Å². The fourth-order valence-corrected chi connectivity index (χ4v) is 5.09. The molecule has 0 saturated carbocycles. The summed E-state index contributed by atoms with van der Waals surface area (Å²) in [6.07, 6.45) is 1.92. The summed E-state index contributed by atoms with van der Waals surface area (Å²) in [6.45, 7) is 4.15. The van der Waals surface area contributed by atoms with Gasteiger partial charge >= 0.3 is 0 Å². The first-order valence-corrected chi connectivity index (χ1v) is 10.4. The van der Waals surface area contributed by atoms with Crippen LogP contribution in [-0.4, -0.2) is 71.3 Å². The Balaban J connectivity index is 1.34. The lowest BCUT2D eigenvalue weighted by molar-refractivity contribution is 0.159. The Morgan fingerprint density at radius 2 is 1.58 bits per heavy atom. The molecule has 2 aliphatic heterocycles. The van der Waals surface area contributed by atoms with Crippen molar-refractivity contribution in [3.8, 4) is 11.4 Å². The molecule has 3 heterocycles. The first-order chi connectivity index (χ1) is 12.6. The van der Waals surface area contributed by atoms with Gasteiger partial charge in [-0.05, 0) is 12.8 Å². The largest absolute Gasteiger partial charge is 0.338 e. The molecule has 0 amide bonds. The molecule has 2 aliphatic rings. The highest BCUT2D eigenvalue weighted by molar-refractivity contribution is 7.86. The van der Waals surface area contributed by atoms with Crippen LogP contribution in [0.25, 0.3) is 11.4 Å². The van der Waals surface area contributed by atoms with Crippen LogP contribution in [0.1, 0.15) is 18.7 Å². The van der Waals surface area contributed by atoms with Gasteiger partial charge in [-0.2, -0.15) is 22.0 Å². The summed E-state index contributed by atoms with van der Waals surface area (Å²) in [5.74, 6) is 1.13. The Morgan fingerprint density at radius 1 is 0.923 bits per heavy atom. The molecule has 2 saturated heterocycles. The minimum atomic E-state index is -3.30. The van der Waals surface area contributed by atoms with Gasteiger partial charge in [0.1, 0.15) is 0 Å². The van der Waals surface area contributed by atoms with Gasteiger partial charge in [0.2, 0.25) is 11.7 Å². The summed E-state index contributed by atoms with van der Waals surface area (Å²) in [7, 11) is -3.30. The Morgan fingerprint density at radius 3 is 2.27 bits per heavy atom. The lowest BCUT2D eigenvalue weighted by Crippen LogP contribution is -2.52. The highest BCUT2D eigenvalue weighted by atomic mass is 32.2. The molecule has 0 N–H and O–H groups in total. The zero-order chi connectivity index (χ0) is 18.0. The van der Waals surface area contributed by atoms with Crippen LogP contribution >= 0.6 is 0 Å². The SMILES string of the molecule is O=S(=O)(N1CCCC1)N1CCN(Cc2nc(-c3ccccc3)no2)CC1. The average Bonchev–Trinajstić information content (AvgIpc) is 3.35. The molecule has 2 aromatic rings. The lowest BCUT2D eigenvalue weighted by atomic mass is 10.2. The molecule has 4 rings (SSSR count). The number of hydrogen-bond donors (Lipinski definition) is 0. The quantitative estimate of drug-likeness (QED) is 0.779.